The van der Waals surface area contributed by atoms with Gasteiger partial charge in [-0.3, -0.25) is 14.7 Å². The van der Waals surface area contributed by atoms with E-state index in [-0.39, 0.29) is 19.6 Å². The van der Waals surface area contributed by atoms with E-state index < -0.39 is 48.7 Å². The molecule has 15 heteroatoms. The zero-order valence-electron chi connectivity index (χ0n) is 20.6. The molecule has 2 aromatic carbocycles. The summed E-state index contributed by atoms with van der Waals surface area (Å²) in [6, 6.07) is 7.86. The van der Waals surface area contributed by atoms with Gasteiger partial charge >= 0.3 is 12.3 Å². The lowest BCUT2D eigenvalue weighted by Crippen LogP contribution is -2.33. The van der Waals surface area contributed by atoms with Gasteiger partial charge in [0.2, 0.25) is 15.9 Å². The fraction of sp³-hybridized carbons (Fsp3) is 0.292. The third-order valence-corrected chi connectivity index (χ3v) is 8.44. The van der Waals surface area contributed by atoms with Gasteiger partial charge in [0.15, 0.2) is 0 Å². The lowest BCUT2D eigenvalue weighted by atomic mass is 10.1. The minimum Gasteiger partial charge on any atom is -0.465 e. The van der Waals surface area contributed by atoms with Crippen molar-refractivity contribution in [3.8, 4) is 0 Å². The van der Waals surface area contributed by atoms with E-state index in [4.69, 9.17) is 23.2 Å². The monoisotopic (exact) mass is 606 g/mol. The number of hydrogen-bond acceptors (Lipinski definition) is 5. The number of amidine groups is 1. The summed E-state index contributed by atoms with van der Waals surface area (Å²) in [6.45, 7) is 0.598. The highest BCUT2D eigenvalue weighted by Gasteiger charge is 2.35. The first-order chi connectivity index (χ1) is 18.1. The van der Waals surface area contributed by atoms with Gasteiger partial charge in [0.25, 0.3) is 0 Å². The van der Waals surface area contributed by atoms with Crippen molar-refractivity contribution in [3.05, 3.63) is 75.3 Å². The van der Waals surface area contributed by atoms with Gasteiger partial charge < -0.3 is 10.0 Å². The topological polar surface area (TPSA) is 111 Å². The first-order valence-corrected chi connectivity index (χ1v) is 13.4. The summed E-state index contributed by atoms with van der Waals surface area (Å²) in [5.74, 6) is -0.0768. The van der Waals surface area contributed by atoms with Crippen LogP contribution in [0.15, 0.2) is 58.4 Å². The lowest BCUT2D eigenvalue weighted by Gasteiger charge is -2.19. The van der Waals surface area contributed by atoms with Crippen molar-refractivity contribution in [1.29, 1.82) is 0 Å². The molecular formula is C24H23Cl2F3N4O5S. The van der Waals surface area contributed by atoms with E-state index in [0.29, 0.717) is 30.1 Å². The number of hydrogen-bond donors (Lipinski definition) is 1. The molecule has 3 rings (SSSR count). The third-order valence-electron chi connectivity index (χ3n) is 5.70. The van der Waals surface area contributed by atoms with E-state index >= 15 is 0 Å². The molecule has 0 bridgehead atoms. The van der Waals surface area contributed by atoms with Crippen molar-refractivity contribution in [2.45, 2.75) is 17.6 Å². The first-order valence-electron chi connectivity index (χ1n) is 11.2. The summed E-state index contributed by atoms with van der Waals surface area (Å²) in [7, 11) is -1.67. The van der Waals surface area contributed by atoms with Gasteiger partial charge in [0.05, 0.1) is 28.7 Å². The van der Waals surface area contributed by atoms with Gasteiger partial charge in [-0.2, -0.15) is 17.5 Å². The van der Waals surface area contributed by atoms with Gasteiger partial charge in [-0.15, -0.1) is 0 Å². The molecular weight excluding hydrogens is 584 g/mol. The van der Waals surface area contributed by atoms with Crippen LogP contribution in [0.2, 0.25) is 10.0 Å². The Balaban J connectivity index is 1.62. The zero-order valence-corrected chi connectivity index (χ0v) is 22.9. The molecule has 0 saturated heterocycles. The largest absolute Gasteiger partial charge is 0.465 e. The Kier molecular flexibility index (Phi) is 9.31. The molecule has 2 amide bonds. The van der Waals surface area contributed by atoms with Crippen LogP contribution in [0.4, 0.5) is 18.0 Å². The average Bonchev–Trinajstić information content (AvgIpc) is 3.33. The normalized spacial score (nSPS) is 14.3. The number of nitrogens with zero attached hydrogens (tertiary/aromatic N) is 4. The number of likely N-dealkylation sites (N-methyl/N-ethyl adjacent to an activating group) is 2. The fourth-order valence-corrected chi connectivity index (χ4v) is 5.92. The predicted octanol–water partition coefficient (Wildman–Crippen LogP) is 4.59. The maximum atomic E-state index is 13.0. The van der Waals surface area contributed by atoms with Crippen LogP contribution in [-0.4, -0.2) is 79.2 Å². The molecule has 0 saturated carbocycles. The number of sulfonamides is 1. The van der Waals surface area contributed by atoms with Gasteiger partial charge in [-0.1, -0.05) is 53.5 Å². The van der Waals surface area contributed by atoms with E-state index in [9.17, 15) is 36.3 Å². The second-order valence-corrected chi connectivity index (χ2v) is 11.3. The smallest absolute Gasteiger partial charge is 0.416 e. The van der Waals surface area contributed by atoms with Gasteiger partial charge in [0, 0.05) is 38.8 Å². The van der Waals surface area contributed by atoms with Gasteiger partial charge in [0.1, 0.15) is 10.7 Å². The van der Waals surface area contributed by atoms with Crippen molar-refractivity contribution < 1.29 is 36.3 Å². The second kappa shape index (κ2) is 11.9. The van der Waals surface area contributed by atoms with E-state index in [2.05, 4.69) is 4.99 Å². The molecule has 0 atom stereocenters. The molecule has 0 fully saturated rings. The minimum atomic E-state index is -4.76. The molecule has 0 unspecified atom stereocenters. The maximum absolute atomic E-state index is 13.0. The quantitative estimate of drug-likeness (QED) is 0.442. The van der Waals surface area contributed by atoms with Crippen LogP contribution < -0.4 is 0 Å². The number of alkyl halides is 3. The molecule has 1 aliphatic heterocycles. The number of halogens is 5. The summed E-state index contributed by atoms with van der Waals surface area (Å²) < 4.78 is 65.4. The Labute approximate surface area is 232 Å². The zero-order chi connectivity index (χ0) is 29.1. The lowest BCUT2D eigenvalue weighted by molar-refractivity contribution is -0.137. The van der Waals surface area contributed by atoms with Crippen molar-refractivity contribution in [2.75, 3.05) is 33.7 Å². The number of carboxylic acid groups (broad SMARTS) is 1. The number of aliphatic imine (C=N–C) groups is 1. The molecule has 0 aliphatic carbocycles. The van der Waals surface area contributed by atoms with E-state index in [1.807, 2.05) is 0 Å². The van der Waals surface area contributed by atoms with Crippen molar-refractivity contribution in [1.82, 2.24) is 14.1 Å². The highest BCUT2D eigenvalue weighted by molar-refractivity contribution is 7.89. The Morgan fingerprint density at radius 3 is 2.26 bits per heavy atom. The van der Waals surface area contributed by atoms with Crippen LogP contribution in [0, 0.1) is 0 Å². The molecule has 9 nitrogen and oxygen atoms in total. The standard InChI is InChI=1S/C24H23Cl2F3N4O5S/c1-31(14-15-5-7-16(8-6-15)22-30-9-11-33(22)23(35)36)20(34)4-3-10-32(2)39(37,38)21-18(25)12-17(13-19(21)26)24(27,28)29/h3-8,12-13H,9-11,14H2,1-2H3,(H,35,36). The Bertz CT molecular complexity index is 1410. The number of amides is 2. The van der Waals surface area contributed by atoms with Crippen molar-refractivity contribution >= 4 is 51.1 Å². The Hall–Kier alpha value is -3.13. The summed E-state index contributed by atoms with van der Waals surface area (Å²) in [5.41, 5.74) is 0.205. The third kappa shape index (κ3) is 7.10. The summed E-state index contributed by atoms with van der Waals surface area (Å²) in [6.07, 6.45) is -3.40. The van der Waals surface area contributed by atoms with Crippen LogP contribution in [0.3, 0.4) is 0 Å². The van der Waals surface area contributed by atoms with Crippen LogP contribution in [0.1, 0.15) is 16.7 Å². The molecule has 0 radical (unpaired) electrons. The molecule has 0 aromatic heterocycles. The maximum Gasteiger partial charge on any atom is 0.416 e. The molecule has 1 N–H and O–H groups in total. The number of carbonyl (C=O) groups is 2. The molecule has 1 aliphatic rings. The summed E-state index contributed by atoms with van der Waals surface area (Å²) in [5, 5.41) is 7.90. The molecule has 210 valence electrons. The Morgan fingerprint density at radius 2 is 1.72 bits per heavy atom. The molecule has 1 heterocycles. The highest BCUT2D eigenvalue weighted by Crippen LogP contribution is 2.38. The Morgan fingerprint density at radius 1 is 1.13 bits per heavy atom. The molecule has 2 aromatic rings. The van der Waals surface area contributed by atoms with Crippen molar-refractivity contribution in [3.63, 3.8) is 0 Å². The van der Waals surface area contributed by atoms with Crippen LogP contribution in [-0.2, 0) is 27.5 Å². The second-order valence-electron chi connectivity index (χ2n) is 8.49. The van der Waals surface area contributed by atoms with Gasteiger partial charge in [-0.05, 0) is 17.7 Å². The van der Waals surface area contributed by atoms with E-state index in [0.717, 1.165) is 20.8 Å². The van der Waals surface area contributed by atoms with Crippen LogP contribution in [0.5, 0.6) is 0 Å². The number of benzene rings is 2. The summed E-state index contributed by atoms with van der Waals surface area (Å²) >= 11 is 11.7. The number of rotatable bonds is 8. The van der Waals surface area contributed by atoms with E-state index in [1.54, 1.807) is 24.3 Å². The SMILES string of the molecule is CN(Cc1ccc(C2=NCCN2C(=O)O)cc1)C(=O)C=CCN(C)S(=O)(=O)c1c(Cl)cc(C(F)(F)F)cc1Cl. The van der Waals surface area contributed by atoms with Crippen LogP contribution >= 0.6 is 23.2 Å². The average molecular weight is 607 g/mol. The molecule has 0 spiro atoms. The fourth-order valence-electron chi connectivity index (χ4n) is 3.64. The highest BCUT2D eigenvalue weighted by atomic mass is 35.5. The predicted molar refractivity (Wildman–Crippen MR) is 139 cm³/mol. The van der Waals surface area contributed by atoms with Gasteiger partial charge in [-0.25, -0.2) is 13.2 Å². The first kappa shape index (κ1) is 30.4. The van der Waals surface area contributed by atoms with Crippen molar-refractivity contribution in [2.24, 2.45) is 4.99 Å². The van der Waals surface area contributed by atoms with E-state index in [1.165, 1.54) is 25.1 Å². The summed E-state index contributed by atoms with van der Waals surface area (Å²) in [4.78, 5) is 29.9. The minimum absolute atomic E-state index is 0.212. The molecule has 39 heavy (non-hydrogen) atoms. The number of carbonyl (C=O) groups excluding carboxylic acids is 1. The van der Waals surface area contributed by atoms with Crippen LogP contribution in [0.25, 0.3) is 0 Å².